The summed E-state index contributed by atoms with van der Waals surface area (Å²) in [5.41, 5.74) is 3.20. The van der Waals surface area contributed by atoms with Crippen molar-refractivity contribution < 1.29 is 9.53 Å². The van der Waals surface area contributed by atoms with Gasteiger partial charge in [0.15, 0.2) is 6.61 Å². The lowest BCUT2D eigenvalue weighted by atomic mass is 10.1. The van der Waals surface area contributed by atoms with Gasteiger partial charge in [0.05, 0.1) is 10.7 Å². The van der Waals surface area contributed by atoms with Crippen molar-refractivity contribution in [3.63, 3.8) is 0 Å². The van der Waals surface area contributed by atoms with Crippen molar-refractivity contribution in [3.8, 4) is 5.75 Å². The molecule has 2 aromatic rings. The van der Waals surface area contributed by atoms with Crippen LogP contribution in [0.1, 0.15) is 11.1 Å². The fourth-order valence-electron chi connectivity index (χ4n) is 3.00. The van der Waals surface area contributed by atoms with Crippen LogP contribution in [0.5, 0.6) is 5.75 Å². The molecule has 0 bridgehead atoms. The maximum Gasteiger partial charge on any atom is 0.260 e. The molecule has 132 valence electrons. The van der Waals surface area contributed by atoms with E-state index in [-0.39, 0.29) is 12.5 Å². The van der Waals surface area contributed by atoms with Gasteiger partial charge in [-0.3, -0.25) is 4.79 Å². The molecular formula is C20H23ClN2O2. The Hall–Kier alpha value is -2.20. The van der Waals surface area contributed by atoms with Crippen LogP contribution in [0.25, 0.3) is 0 Å². The van der Waals surface area contributed by atoms with Gasteiger partial charge in [-0.25, -0.2) is 0 Å². The molecule has 1 aliphatic heterocycles. The van der Waals surface area contributed by atoms with E-state index in [1.54, 1.807) is 0 Å². The van der Waals surface area contributed by atoms with E-state index in [9.17, 15) is 4.79 Å². The Morgan fingerprint density at radius 2 is 1.80 bits per heavy atom. The number of piperazine rings is 1. The van der Waals surface area contributed by atoms with Crippen molar-refractivity contribution in [2.45, 2.75) is 13.8 Å². The van der Waals surface area contributed by atoms with E-state index in [2.05, 4.69) is 4.90 Å². The van der Waals surface area contributed by atoms with Crippen LogP contribution < -0.4 is 9.64 Å². The summed E-state index contributed by atoms with van der Waals surface area (Å²) in [5, 5.41) is 0.750. The summed E-state index contributed by atoms with van der Waals surface area (Å²) in [4.78, 5) is 16.5. The summed E-state index contributed by atoms with van der Waals surface area (Å²) in [6, 6.07) is 13.8. The normalized spacial score (nSPS) is 14.5. The third kappa shape index (κ3) is 4.26. The summed E-state index contributed by atoms with van der Waals surface area (Å²) >= 11 is 6.26. The molecular weight excluding hydrogens is 336 g/mol. The van der Waals surface area contributed by atoms with Crippen molar-refractivity contribution in [2.75, 3.05) is 37.7 Å². The van der Waals surface area contributed by atoms with Crippen molar-refractivity contribution in [1.29, 1.82) is 0 Å². The standard InChI is InChI=1S/C20H23ClN2O2/c1-15-7-8-16(2)19(13-15)25-14-20(24)23-11-9-22(10-12-23)18-6-4-3-5-17(18)21/h3-8,13H,9-12,14H2,1-2H3. The first-order chi connectivity index (χ1) is 12.0. The van der Waals surface area contributed by atoms with Crippen LogP contribution in [0.3, 0.4) is 0 Å². The minimum absolute atomic E-state index is 0.0275. The van der Waals surface area contributed by atoms with Gasteiger partial charge in [-0.15, -0.1) is 0 Å². The molecule has 0 aliphatic carbocycles. The van der Waals surface area contributed by atoms with E-state index < -0.39 is 0 Å². The number of carbonyl (C=O) groups is 1. The highest BCUT2D eigenvalue weighted by atomic mass is 35.5. The van der Waals surface area contributed by atoms with Gasteiger partial charge in [-0.1, -0.05) is 35.9 Å². The molecule has 0 unspecified atom stereocenters. The molecule has 0 spiro atoms. The number of para-hydroxylation sites is 1. The Morgan fingerprint density at radius 1 is 1.08 bits per heavy atom. The molecule has 4 nitrogen and oxygen atoms in total. The predicted octanol–water partition coefficient (Wildman–Crippen LogP) is 3.68. The Balaban J connectivity index is 1.53. The van der Waals surface area contributed by atoms with Gasteiger partial charge in [0.1, 0.15) is 5.75 Å². The Labute approximate surface area is 154 Å². The molecule has 5 heteroatoms. The molecule has 0 atom stereocenters. The van der Waals surface area contributed by atoms with Crippen LogP contribution in [-0.4, -0.2) is 43.6 Å². The summed E-state index contributed by atoms with van der Waals surface area (Å²) in [5.74, 6) is 0.808. The summed E-state index contributed by atoms with van der Waals surface area (Å²) < 4.78 is 5.74. The zero-order chi connectivity index (χ0) is 17.8. The number of hydrogen-bond acceptors (Lipinski definition) is 3. The molecule has 1 amide bonds. The number of ether oxygens (including phenoxy) is 1. The first-order valence-corrected chi connectivity index (χ1v) is 8.89. The first kappa shape index (κ1) is 17.6. The van der Waals surface area contributed by atoms with Gasteiger partial charge in [0, 0.05) is 26.2 Å². The van der Waals surface area contributed by atoms with Gasteiger partial charge in [-0.2, -0.15) is 0 Å². The van der Waals surface area contributed by atoms with Gasteiger partial charge >= 0.3 is 0 Å². The van der Waals surface area contributed by atoms with Crippen LogP contribution in [0.15, 0.2) is 42.5 Å². The van der Waals surface area contributed by atoms with Gasteiger partial charge in [0.25, 0.3) is 5.91 Å². The zero-order valence-corrected chi connectivity index (χ0v) is 15.4. The van der Waals surface area contributed by atoms with Crippen LogP contribution in [0.2, 0.25) is 5.02 Å². The molecule has 0 radical (unpaired) electrons. The van der Waals surface area contributed by atoms with Gasteiger partial charge < -0.3 is 14.5 Å². The predicted molar refractivity (Wildman–Crippen MR) is 102 cm³/mol. The number of aryl methyl sites for hydroxylation is 2. The van der Waals surface area contributed by atoms with E-state index in [0.29, 0.717) is 13.1 Å². The van der Waals surface area contributed by atoms with Gasteiger partial charge in [-0.05, 0) is 43.2 Å². The molecule has 0 aromatic heterocycles. The SMILES string of the molecule is Cc1ccc(C)c(OCC(=O)N2CCN(c3ccccc3Cl)CC2)c1. The number of benzene rings is 2. The lowest BCUT2D eigenvalue weighted by Gasteiger charge is -2.36. The molecule has 25 heavy (non-hydrogen) atoms. The van der Waals surface area contributed by atoms with Crippen LogP contribution in [-0.2, 0) is 4.79 Å². The summed E-state index contributed by atoms with van der Waals surface area (Å²) in [6.45, 7) is 7.00. The minimum atomic E-state index is 0.0275. The van der Waals surface area contributed by atoms with Crippen molar-refractivity contribution in [3.05, 3.63) is 58.6 Å². The third-order valence-corrected chi connectivity index (χ3v) is 4.84. The second-order valence-electron chi connectivity index (χ2n) is 6.38. The van der Waals surface area contributed by atoms with E-state index in [0.717, 1.165) is 40.7 Å². The number of amides is 1. The molecule has 0 saturated carbocycles. The Morgan fingerprint density at radius 3 is 2.52 bits per heavy atom. The van der Waals surface area contributed by atoms with Crippen LogP contribution >= 0.6 is 11.6 Å². The largest absolute Gasteiger partial charge is 0.483 e. The lowest BCUT2D eigenvalue weighted by Crippen LogP contribution is -2.50. The van der Waals surface area contributed by atoms with E-state index in [1.807, 2.05) is 61.2 Å². The average molecular weight is 359 g/mol. The lowest BCUT2D eigenvalue weighted by molar-refractivity contribution is -0.133. The number of halogens is 1. The molecule has 1 heterocycles. The molecule has 3 rings (SSSR count). The fraction of sp³-hybridized carbons (Fsp3) is 0.350. The Kier molecular flexibility index (Phi) is 5.49. The van der Waals surface area contributed by atoms with Crippen LogP contribution in [0.4, 0.5) is 5.69 Å². The number of rotatable bonds is 4. The highest BCUT2D eigenvalue weighted by Gasteiger charge is 2.22. The smallest absolute Gasteiger partial charge is 0.260 e. The number of carbonyl (C=O) groups excluding carboxylic acids is 1. The monoisotopic (exact) mass is 358 g/mol. The van der Waals surface area contributed by atoms with Crippen molar-refractivity contribution in [2.24, 2.45) is 0 Å². The maximum absolute atomic E-state index is 12.4. The van der Waals surface area contributed by atoms with E-state index >= 15 is 0 Å². The number of hydrogen-bond donors (Lipinski definition) is 0. The molecule has 2 aromatic carbocycles. The maximum atomic E-state index is 12.4. The average Bonchev–Trinajstić information content (AvgIpc) is 2.63. The fourth-order valence-corrected chi connectivity index (χ4v) is 3.25. The van der Waals surface area contributed by atoms with E-state index in [4.69, 9.17) is 16.3 Å². The number of anilines is 1. The molecule has 0 N–H and O–H groups in total. The van der Waals surface area contributed by atoms with Crippen LogP contribution in [0, 0.1) is 13.8 Å². The zero-order valence-electron chi connectivity index (χ0n) is 14.7. The summed E-state index contributed by atoms with van der Waals surface area (Å²) in [6.07, 6.45) is 0. The molecule has 1 saturated heterocycles. The molecule has 1 aliphatic rings. The third-order valence-electron chi connectivity index (χ3n) is 4.52. The summed E-state index contributed by atoms with van der Waals surface area (Å²) in [7, 11) is 0. The van der Waals surface area contributed by atoms with E-state index in [1.165, 1.54) is 0 Å². The minimum Gasteiger partial charge on any atom is -0.483 e. The Bertz CT molecular complexity index is 755. The second-order valence-corrected chi connectivity index (χ2v) is 6.78. The molecule has 1 fully saturated rings. The number of nitrogens with zero attached hydrogens (tertiary/aromatic N) is 2. The topological polar surface area (TPSA) is 32.8 Å². The highest BCUT2D eigenvalue weighted by molar-refractivity contribution is 6.33. The van der Waals surface area contributed by atoms with Gasteiger partial charge in [0.2, 0.25) is 0 Å². The first-order valence-electron chi connectivity index (χ1n) is 8.52. The highest BCUT2D eigenvalue weighted by Crippen LogP contribution is 2.26. The quantitative estimate of drug-likeness (QED) is 0.835. The second kappa shape index (κ2) is 7.79. The van der Waals surface area contributed by atoms with Crippen molar-refractivity contribution in [1.82, 2.24) is 4.90 Å². The van der Waals surface area contributed by atoms with Crippen molar-refractivity contribution >= 4 is 23.2 Å².